The molecule has 0 unspecified atom stereocenters. The van der Waals surface area contributed by atoms with Crippen molar-refractivity contribution >= 4 is 11.9 Å². The molecular weight excluding hydrogens is 544 g/mol. The van der Waals surface area contributed by atoms with E-state index in [1.807, 2.05) is 36.4 Å². The second-order valence-corrected chi connectivity index (χ2v) is 10.2. The van der Waals surface area contributed by atoms with Crippen LogP contribution in [-0.4, -0.2) is 55.3 Å². The van der Waals surface area contributed by atoms with Crippen LogP contribution in [0.2, 0.25) is 0 Å². The lowest BCUT2D eigenvalue weighted by Crippen LogP contribution is -2.31. The molecule has 0 atom stereocenters. The van der Waals surface area contributed by atoms with Gasteiger partial charge in [0.05, 0.1) is 20.1 Å². The van der Waals surface area contributed by atoms with Gasteiger partial charge in [-0.15, -0.1) is 0 Å². The highest BCUT2D eigenvalue weighted by atomic mass is 16.5. The zero-order chi connectivity index (χ0) is 30.4. The van der Waals surface area contributed by atoms with Gasteiger partial charge in [-0.3, -0.25) is 9.69 Å². The van der Waals surface area contributed by atoms with Crippen molar-refractivity contribution in [3.8, 4) is 17.2 Å². The third-order valence-electron chi connectivity index (χ3n) is 7.04. The Kier molecular flexibility index (Phi) is 11.6. The van der Waals surface area contributed by atoms with Gasteiger partial charge in [0.1, 0.15) is 5.75 Å². The molecule has 3 N–H and O–H groups in total. The second-order valence-electron chi connectivity index (χ2n) is 10.2. The number of amides is 1. The Balaban J connectivity index is 1.52. The Bertz CT molecular complexity index is 1420. The SMILES string of the molecule is COc1cc(CC(N)=O)ccc1OCCCN(Cc1ccccc1OCC(=O)O)CC(c1ccccc1)c1ccccc1. The van der Waals surface area contributed by atoms with Crippen LogP contribution in [0, 0.1) is 0 Å². The number of nitrogens with zero attached hydrogens (tertiary/aromatic N) is 1. The lowest BCUT2D eigenvalue weighted by molar-refractivity contribution is -0.139. The van der Waals surface area contributed by atoms with Crippen molar-refractivity contribution in [1.82, 2.24) is 4.90 Å². The Morgan fingerprint density at radius 2 is 1.47 bits per heavy atom. The summed E-state index contributed by atoms with van der Waals surface area (Å²) in [4.78, 5) is 24.9. The molecule has 224 valence electrons. The summed E-state index contributed by atoms with van der Waals surface area (Å²) in [6.07, 6.45) is 0.855. The van der Waals surface area contributed by atoms with Crippen molar-refractivity contribution in [3.63, 3.8) is 0 Å². The molecule has 43 heavy (non-hydrogen) atoms. The smallest absolute Gasteiger partial charge is 0.341 e. The molecule has 0 bridgehead atoms. The average molecular weight is 583 g/mol. The number of nitrogens with two attached hydrogens (primary N) is 1. The van der Waals surface area contributed by atoms with Gasteiger partial charge in [0, 0.05) is 31.1 Å². The molecule has 0 spiro atoms. The Morgan fingerprint density at radius 1 is 0.814 bits per heavy atom. The van der Waals surface area contributed by atoms with Crippen LogP contribution < -0.4 is 19.9 Å². The first-order valence-corrected chi connectivity index (χ1v) is 14.3. The maximum atomic E-state index is 11.3. The summed E-state index contributed by atoms with van der Waals surface area (Å²) < 4.78 is 17.2. The Hall–Kier alpha value is -4.82. The van der Waals surface area contributed by atoms with Crippen molar-refractivity contribution in [2.24, 2.45) is 5.73 Å². The Morgan fingerprint density at radius 3 is 2.09 bits per heavy atom. The van der Waals surface area contributed by atoms with Gasteiger partial charge in [0.25, 0.3) is 0 Å². The molecule has 0 saturated carbocycles. The van der Waals surface area contributed by atoms with E-state index in [1.165, 1.54) is 11.1 Å². The van der Waals surface area contributed by atoms with Crippen molar-refractivity contribution < 1.29 is 28.9 Å². The quantitative estimate of drug-likeness (QED) is 0.163. The van der Waals surface area contributed by atoms with E-state index in [9.17, 15) is 9.59 Å². The summed E-state index contributed by atoms with van der Waals surface area (Å²) in [5.74, 6) is 0.399. The number of carboxylic acid groups (broad SMARTS) is 1. The van der Waals surface area contributed by atoms with Gasteiger partial charge in [-0.05, 0) is 41.3 Å². The van der Waals surface area contributed by atoms with E-state index in [1.54, 1.807) is 25.3 Å². The van der Waals surface area contributed by atoms with Gasteiger partial charge in [0.2, 0.25) is 5.91 Å². The summed E-state index contributed by atoms with van der Waals surface area (Å²) in [7, 11) is 1.56. The van der Waals surface area contributed by atoms with Gasteiger partial charge in [-0.2, -0.15) is 0 Å². The number of rotatable bonds is 17. The van der Waals surface area contributed by atoms with Crippen LogP contribution in [0.15, 0.2) is 103 Å². The highest BCUT2D eigenvalue weighted by Crippen LogP contribution is 2.30. The molecule has 0 radical (unpaired) electrons. The van der Waals surface area contributed by atoms with Crippen LogP contribution in [0.4, 0.5) is 0 Å². The Labute approximate surface area is 252 Å². The number of hydrogen-bond donors (Lipinski definition) is 2. The second kappa shape index (κ2) is 16.0. The van der Waals surface area contributed by atoms with E-state index < -0.39 is 18.5 Å². The zero-order valence-corrected chi connectivity index (χ0v) is 24.4. The van der Waals surface area contributed by atoms with Crippen LogP contribution in [-0.2, 0) is 22.6 Å². The lowest BCUT2D eigenvalue weighted by Gasteiger charge is -2.29. The fourth-order valence-corrected chi connectivity index (χ4v) is 5.04. The van der Waals surface area contributed by atoms with Crippen LogP contribution in [0.25, 0.3) is 0 Å². The fourth-order valence-electron chi connectivity index (χ4n) is 5.04. The lowest BCUT2D eigenvalue weighted by atomic mass is 9.90. The van der Waals surface area contributed by atoms with Gasteiger partial charge in [-0.25, -0.2) is 4.79 Å². The molecular formula is C35H38N2O6. The number of ether oxygens (including phenoxy) is 3. The van der Waals surface area contributed by atoms with E-state index in [0.29, 0.717) is 36.9 Å². The summed E-state index contributed by atoms with van der Waals surface area (Å²) in [6.45, 7) is 2.05. The molecule has 8 nitrogen and oxygen atoms in total. The van der Waals surface area contributed by atoms with Gasteiger partial charge in [0.15, 0.2) is 18.1 Å². The minimum absolute atomic E-state index is 0.119. The standard InChI is InChI=1S/C35H38N2O6/c1-41-33-21-26(22-34(36)38)17-18-32(33)42-20-10-19-37(23-29-15-8-9-16-31(29)43-25-35(39)40)24-30(27-11-4-2-5-12-27)28-13-6-3-7-14-28/h2-9,11-18,21,30H,10,19-20,22-25H2,1H3,(H2,36,38)(H,39,40). The first kappa shape index (κ1) is 31.1. The van der Waals surface area contributed by atoms with Crippen molar-refractivity contribution in [2.75, 3.05) is 33.4 Å². The van der Waals surface area contributed by atoms with E-state index in [2.05, 4.69) is 53.4 Å². The molecule has 4 rings (SSSR count). The van der Waals surface area contributed by atoms with Gasteiger partial charge in [-0.1, -0.05) is 84.9 Å². The van der Waals surface area contributed by atoms with Crippen LogP contribution in [0.1, 0.15) is 34.6 Å². The molecule has 0 heterocycles. The van der Waals surface area contributed by atoms with Gasteiger partial charge < -0.3 is 25.1 Å². The topological polar surface area (TPSA) is 111 Å². The number of aliphatic carboxylic acids is 1. The number of carbonyl (C=O) groups excluding carboxylic acids is 1. The highest BCUT2D eigenvalue weighted by molar-refractivity contribution is 5.76. The minimum atomic E-state index is -1.02. The van der Waals surface area contributed by atoms with Gasteiger partial charge >= 0.3 is 5.97 Å². The molecule has 0 aromatic heterocycles. The number of para-hydroxylation sites is 1. The van der Waals surface area contributed by atoms with Crippen molar-refractivity contribution in [1.29, 1.82) is 0 Å². The molecule has 1 amide bonds. The number of carbonyl (C=O) groups is 2. The van der Waals surface area contributed by atoms with Crippen LogP contribution in [0.3, 0.4) is 0 Å². The number of primary amides is 1. The molecule has 4 aromatic carbocycles. The fraction of sp³-hybridized carbons (Fsp3) is 0.257. The minimum Gasteiger partial charge on any atom is -0.493 e. The summed E-state index contributed by atoms with van der Waals surface area (Å²) in [5, 5.41) is 9.17. The summed E-state index contributed by atoms with van der Waals surface area (Å²) in [5.41, 5.74) is 9.44. The molecule has 0 aliphatic heterocycles. The first-order valence-electron chi connectivity index (χ1n) is 14.3. The average Bonchev–Trinajstić information content (AvgIpc) is 3.02. The van der Waals surface area contributed by atoms with E-state index in [-0.39, 0.29) is 12.3 Å². The van der Waals surface area contributed by atoms with Crippen molar-refractivity contribution in [2.45, 2.75) is 25.3 Å². The number of benzene rings is 4. The number of methoxy groups -OCH3 is 1. The van der Waals surface area contributed by atoms with Crippen LogP contribution in [0.5, 0.6) is 17.2 Å². The first-order chi connectivity index (χ1) is 20.9. The molecule has 4 aromatic rings. The number of hydrogen-bond acceptors (Lipinski definition) is 6. The largest absolute Gasteiger partial charge is 0.493 e. The maximum Gasteiger partial charge on any atom is 0.341 e. The van der Waals surface area contributed by atoms with E-state index in [0.717, 1.165) is 24.1 Å². The predicted octanol–water partition coefficient (Wildman–Crippen LogP) is 5.29. The zero-order valence-electron chi connectivity index (χ0n) is 24.4. The van der Waals surface area contributed by atoms with Crippen molar-refractivity contribution in [3.05, 3.63) is 125 Å². The monoisotopic (exact) mass is 582 g/mol. The maximum absolute atomic E-state index is 11.3. The molecule has 0 aliphatic carbocycles. The summed E-state index contributed by atoms with van der Waals surface area (Å²) in [6, 6.07) is 33.8. The molecule has 0 aliphatic rings. The number of carboxylic acids is 1. The molecule has 0 saturated heterocycles. The highest BCUT2D eigenvalue weighted by Gasteiger charge is 2.20. The van der Waals surface area contributed by atoms with Crippen LogP contribution >= 0.6 is 0 Å². The predicted molar refractivity (Wildman–Crippen MR) is 166 cm³/mol. The third kappa shape index (κ3) is 9.61. The third-order valence-corrected chi connectivity index (χ3v) is 7.04. The molecule has 0 fully saturated rings. The van der Waals surface area contributed by atoms with E-state index >= 15 is 0 Å². The normalized spacial score (nSPS) is 11.0. The summed E-state index contributed by atoms with van der Waals surface area (Å²) >= 11 is 0. The molecule has 8 heteroatoms. The van der Waals surface area contributed by atoms with E-state index in [4.69, 9.17) is 25.1 Å².